The highest BCUT2D eigenvalue weighted by Gasteiger charge is 2.36. The number of amides is 2. The van der Waals surface area contributed by atoms with Crippen molar-refractivity contribution in [1.82, 2.24) is 16.0 Å². The molecule has 0 spiro atoms. The van der Waals surface area contributed by atoms with Crippen molar-refractivity contribution in [1.29, 1.82) is 0 Å². The minimum Gasteiger partial charge on any atom is -0.504 e. The maximum atomic E-state index is 13.6. The fourth-order valence-corrected chi connectivity index (χ4v) is 4.55. The van der Waals surface area contributed by atoms with E-state index in [4.69, 9.17) is 4.74 Å². The average Bonchev–Trinajstić information content (AvgIpc) is 2.91. The molecule has 1 aliphatic heterocycles. The van der Waals surface area contributed by atoms with Crippen molar-refractivity contribution >= 4 is 11.8 Å². The number of benzene rings is 3. The zero-order valence-electron chi connectivity index (χ0n) is 21.2. The van der Waals surface area contributed by atoms with Crippen LogP contribution < -0.4 is 20.7 Å². The largest absolute Gasteiger partial charge is 0.504 e. The number of nitrogens with one attached hydrogen (secondary N) is 3. The number of allylic oxidation sites excluding steroid dienone is 2. The number of hydrogen-bond donors (Lipinski definition) is 4. The molecule has 1 aliphatic rings. The first-order valence-electron chi connectivity index (χ1n) is 12.1. The number of phenolic OH excluding ortho intramolecular Hbond substituents is 1. The Morgan fingerprint density at radius 2 is 1.30 bits per heavy atom. The lowest BCUT2D eigenvalue weighted by molar-refractivity contribution is -0.118. The lowest BCUT2D eigenvalue weighted by Crippen LogP contribution is -2.38. The van der Waals surface area contributed by atoms with Gasteiger partial charge in [0.25, 0.3) is 0 Å². The summed E-state index contributed by atoms with van der Waals surface area (Å²) < 4.78 is 5.33. The maximum absolute atomic E-state index is 13.6. The highest BCUT2D eigenvalue weighted by Crippen LogP contribution is 2.41. The van der Waals surface area contributed by atoms with E-state index >= 15 is 0 Å². The van der Waals surface area contributed by atoms with Crippen LogP contribution in [0.15, 0.2) is 101 Å². The summed E-state index contributed by atoms with van der Waals surface area (Å²) >= 11 is 0. The van der Waals surface area contributed by atoms with E-state index < -0.39 is 5.92 Å². The molecule has 3 aromatic rings. The molecule has 0 unspecified atom stereocenters. The Bertz CT molecular complexity index is 1270. The molecule has 4 rings (SSSR count). The number of hydrogen-bond acceptors (Lipinski definition) is 5. The third-order valence-electron chi connectivity index (χ3n) is 6.38. The Morgan fingerprint density at radius 3 is 1.76 bits per heavy atom. The van der Waals surface area contributed by atoms with Crippen molar-refractivity contribution in [2.75, 3.05) is 7.11 Å². The molecule has 4 N–H and O–H groups in total. The topological polar surface area (TPSA) is 99.7 Å². The maximum Gasteiger partial charge on any atom is 0.250 e. The number of phenols is 1. The summed E-state index contributed by atoms with van der Waals surface area (Å²) in [5.74, 6) is -1.01. The fraction of sp³-hybridized carbons (Fsp3) is 0.200. The van der Waals surface area contributed by atoms with Crippen molar-refractivity contribution < 1.29 is 19.4 Å². The monoisotopic (exact) mass is 497 g/mol. The molecule has 7 nitrogen and oxygen atoms in total. The van der Waals surface area contributed by atoms with E-state index in [1.165, 1.54) is 13.2 Å². The molecule has 0 bridgehead atoms. The van der Waals surface area contributed by atoms with Crippen LogP contribution in [0.2, 0.25) is 0 Å². The SMILES string of the molecule is COc1cc(C2C(C(=O)NCc3ccccc3)=C(C)NC(C)=C2C(=O)NCc2ccccc2)ccc1O. The zero-order valence-corrected chi connectivity index (χ0v) is 21.2. The van der Waals surface area contributed by atoms with Crippen LogP contribution in [-0.2, 0) is 22.7 Å². The number of ether oxygens (including phenoxy) is 1. The number of rotatable bonds is 8. The first-order valence-corrected chi connectivity index (χ1v) is 12.1. The van der Waals surface area contributed by atoms with E-state index in [-0.39, 0.29) is 23.3 Å². The molecule has 0 saturated carbocycles. The summed E-state index contributed by atoms with van der Waals surface area (Å²) in [4.78, 5) is 27.2. The van der Waals surface area contributed by atoms with Crippen LogP contribution in [0.5, 0.6) is 11.5 Å². The Labute approximate surface area is 216 Å². The van der Waals surface area contributed by atoms with Gasteiger partial charge in [-0.3, -0.25) is 9.59 Å². The Kier molecular flexibility index (Phi) is 7.93. The molecule has 7 heteroatoms. The molecule has 1 heterocycles. The Hall–Kier alpha value is -4.52. The second kappa shape index (κ2) is 11.5. The quantitative estimate of drug-likeness (QED) is 0.373. The van der Waals surface area contributed by atoms with E-state index in [1.54, 1.807) is 12.1 Å². The Balaban J connectivity index is 1.70. The predicted molar refractivity (Wildman–Crippen MR) is 143 cm³/mol. The standard InChI is InChI=1S/C30H31N3O4/c1-19-26(29(35)31-17-21-10-6-4-7-11-21)28(23-14-15-24(34)25(16-23)37-3)27(20(2)33-19)30(36)32-18-22-12-8-5-9-13-22/h4-16,28,33-34H,17-18H2,1-3H3,(H,31,35)(H,32,36). The van der Waals surface area contributed by atoms with Crippen LogP contribution in [0, 0.1) is 0 Å². The summed E-state index contributed by atoms with van der Waals surface area (Å²) in [6, 6.07) is 24.2. The molecule has 2 amide bonds. The van der Waals surface area contributed by atoms with Crippen LogP contribution in [0.4, 0.5) is 0 Å². The smallest absolute Gasteiger partial charge is 0.250 e. The highest BCUT2D eigenvalue weighted by molar-refractivity contribution is 6.03. The van der Waals surface area contributed by atoms with Crippen molar-refractivity contribution in [2.24, 2.45) is 0 Å². The van der Waals surface area contributed by atoms with Crippen molar-refractivity contribution in [3.63, 3.8) is 0 Å². The van der Waals surface area contributed by atoms with Crippen LogP contribution in [-0.4, -0.2) is 24.0 Å². The van der Waals surface area contributed by atoms with Crippen LogP contribution in [0.25, 0.3) is 0 Å². The Morgan fingerprint density at radius 1 is 0.811 bits per heavy atom. The molecule has 0 saturated heterocycles. The summed E-state index contributed by atoms with van der Waals surface area (Å²) in [5.41, 5.74) is 4.75. The molecule has 0 radical (unpaired) electrons. The lowest BCUT2D eigenvalue weighted by Gasteiger charge is -2.31. The number of methoxy groups -OCH3 is 1. The van der Waals surface area contributed by atoms with E-state index in [0.717, 1.165) is 11.1 Å². The van der Waals surface area contributed by atoms with Crippen LogP contribution in [0.1, 0.15) is 36.5 Å². The zero-order chi connectivity index (χ0) is 26.4. The molecule has 0 aliphatic carbocycles. The summed E-state index contributed by atoms with van der Waals surface area (Å²) in [6.45, 7) is 4.34. The molecular formula is C30H31N3O4. The molecule has 0 fully saturated rings. The minimum absolute atomic E-state index is 0.0215. The summed E-state index contributed by atoms with van der Waals surface area (Å²) in [7, 11) is 1.46. The van der Waals surface area contributed by atoms with Gasteiger partial charge in [-0.1, -0.05) is 66.7 Å². The highest BCUT2D eigenvalue weighted by atomic mass is 16.5. The molecule has 3 aromatic carbocycles. The molecule has 37 heavy (non-hydrogen) atoms. The third kappa shape index (κ3) is 5.83. The molecule has 190 valence electrons. The third-order valence-corrected chi connectivity index (χ3v) is 6.38. The van der Waals surface area contributed by atoms with Gasteiger partial charge < -0.3 is 25.8 Å². The van der Waals surface area contributed by atoms with Gasteiger partial charge >= 0.3 is 0 Å². The van der Waals surface area contributed by atoms with Gasteiger partial charge in [-0.2, -0.15) is 0 Å². The normalized spacial score (nSPS) is 13.7. The fourth-order valence-electron chi connectivity index (χ4n) is 4.55. The van der Waals surface area contributed by atoms with Crippen molar-refractivity contribution in [2.45, 2.75) is 32.9 Å². The summed E-state index contributed by atoms with van der Waals surface area (Å²) in [6.07, 6.45) is 0. The number of carbonyl (C=O) groups is 2. The van der Waals surface area contributed by atoms with Gasteiger partial charge in [-0.05, 0) is 42.7 Å². The molecular weight excluding hydrogens is 466 g/mol. The van der Waals surface area contributed by atoms with E-state index in [9.17, 15) is 14.7 Å². The molecule has 0 aromatic heterocycles. The summed E-state index contributed by atoms with van der Waals surface area (Å²) in [5, 5.41) is 19.4. The average molecular weight is 498 g/mol. The van der Waals surface area contributed by atoms with Gasteiger partial charge in [0.2, 0.25) is 11.8 Å². The van der Waals surface area contributed by atoms with Gasteiger partial charge in [-0.15, -0.1) is 0 Å². The second-order valence-electron chi connectivity index (χ2n) is 8.90. The van der Waals surface area contributed by atoms with Gasteiger partial charge in [0.15, 0.2) is 11.5 Å². The second-order valence-corrected chi connectivity index (χ2v) is 8.90. The lowest BCUT2D eigenvalue weighted by atomic mass is 9.79. The van der Waals surface area contributed by atoms with Gasteiger partial charge in [0.05, 0.1) is 7.11 Å². The van der Waals surface area contributed by atoms with Crippen molar-refractivity contribution in [3.8, 4) is 11.5 Å². The van der Waals surface area contributed by atoms with E-state index in [1.807, 2.05) is 74.5 Å². The first-order chi connectivity index (χ1) is 17.9. The molecule has 0 atom stereocenters. The van der Waals surface area contributed by atoms with E-state index in [0.29, 0.717) is 41.2 Å². The first kappa shape index (κ1) is 25.6. The number of aromatic hydroxyl groups is 1. The van der Waals surface area contributed by atoms with Gasteiger partial charge in [0.1, 0.15) is 0 Å². The van der Waals surface area contributed by atoms with Gasteiger partial charge in [0, 0.05) is 41.5 Å². The number of dihydropyridines is 1. The number of carbonyl (C=O) groups excluding carboxylic acids is 2. The van der Waals surface area contributed by atoms with Crippen molar-refractivity contribution in [3.05, 3.63) is 118 Å². The van der Waals surface area contributed by atoms with Crippen LogP contribution in [0.3, 0.4) is 0 Å². The van der Waals surface area contributed by atoms with Gasteiger partial charge in [-0.25, -0.2) is 0 Å². The predicted octanol–water partition coefficient (Wildman–Crippen LogP) is 4.27. The van der Waals surface area contributed by atoms with E-state index in [2.05, 4.69) is 16.0 Å². The minimum atomic E-state index is -0.678. The van der Waals surface area contributed by atoms with Crippen LogP contribution >= 0.6 is 0 Å².